The average molecular weight is 382 g/mol. The summed E-state index contributed by atoms with van der Waals surface area (Å²) >= 11 is 0. The fourth-order valence-corrected chi connectivity index (χ4v) is 2.76. The maximum absolute atomic E-state index is 12.3. The highest BCUT2D eigenvalue weighted by Gasteiger charge is 2.14. The van der Waals surface area contributed by atoms with Crippen LogP contribution in [0.1, 0.15) is 21.6 Å². The third-order valence-electron chi connectivity index (χ3n) is 4.09. The molecule has 2 heterocycles. The summed E-state index contributed by atoms with van der Waals surface area (Å²) in [4.78, 5) is 27.8. The highest BCUT2D eigenvalue weighted by atomic mass is 16.5. The number of carbonyl (C=O) groups is 1. The molecule has 0 aliphatic rings. The molecule has 3 aromatic rings. The lowest BCUT2D eigenvalue weighted by Crippen LogP contribution is -2.15. The Morgan fingerprint density at radius 2 is 1.79 bits per heavy atom. The minimum atomic E-state index is -1.11. The summed E-state index contributed by atoms with van der Waals surface area (Å²) in [7, 11) is 4.58. The van der Waals surface area contributed by atoms with Gasteiger partial charge in [-0.1, -0.05) is 0 Å². The van der Waals surface area contributed by atoms with Crippen molar-refractivity contribution in [3.63, 3.8) is 0 Å². The molecule has 0 spiro atoms. The molecule has 3 rings (SSSR count). The number of hydrogen-bond acceptors (Lipinski definition) is 6. The number of pyridine rings is 1. The second kappa shape index (κ2) is 7.83. The fraction of sp³-hybridized carbons (Fsp3) is 0.150. The predicted octanol–water partition coefficient (Wildman–Crippen LogP) is 2.59. The van der Waals surface area contributed by atoms with Gasteiger partial charge in [-0.25, -0.2) is 9.78 Å². The maximum atomic E-state index is 12.3. The molecule has 0 atom stereocenters. The summed E-state index contributed by atoms with van der Waals surface area (Å²) in [6, 6.07) is 7.75. The van der Waals surface area contributed by atoms with Crippen molar-refractivity contribution in [1.82, 2.24) is 9.38 Å². The molecule has 8 heteroatoms. The Bertz CT molecular complexity index is 1130. The summed E-state index contributed by atoms with van der Waals surface area (Å²) in [6.45, 7) is 0. The molecule has 0 radical (unpaired) electrons. The number of nitrogens with zero attached hydrogens (tertiary/aromatic N) is 2. The monoisotopic (exact) mass is 382 g/mol. The van der Waals surface area contributed by atoms with Crippen LogP contribution in [-0.2, 0) is 0 Å². The normalized spacial score (nSPS) is 11.0. The van der Waals surface area contributed by atoms with E-state index >= 15 is 0 Å². The summed E-state index contributed by atoms with van der Waals surface area (Å²) in [6.07, 6.45) is 4.65. The minimum Gasteiger partial charge on any atom is -0.493 e. The van der Waals surface area contributed by atoms with Crippen molar-refractivity contribution < 1.29 is 24.1 Å². The van der Waals surface area contributed by atoms with Crippen molar-refractivity contribution in [2.24, 2.45) is 0 Å². The zero-order chi connectivity index (χ0) is 20.3. The topological polar surface area (TPSA) is 99.4 Å². The van der Waals surface area contributed by atoms with Gasteiger partial charge in [0, 0.05) is 17.8 Å². The van der Waals surface area contributed by atoms with Gasteiger partial charge in [0.25, 0.3) is 5.56 Å². The largest absolute Gasteiger partial charge is 0.493 e. The van der Waals surface area contributed by atoms with E-state index in [-0.39, 0.29) is 11.1 Å². The van der Waals surface area contributed by atoms with Gasteiger partial charge >= 0.3 is 5.97 Å². The molecule has 0 bridgehead atoms. The van der Waals surface area contributed by atoms with E-state index in [1.54, 1.807) is 24.3 Å². The number of fused-ring (bicyclic) bond motifs is 1. The second-order valence-electron chi connectivity index (χ2n) is 5.73. The van der Waals surface area contributed by atoms with Crippen LogP contribution in [-0.4, -0.2) is 41.8 Å². The minimum absolute atomic E-state index is 0.00903. The van der Waals surface area contributed by atoms with Gasteiger partial charge in [0.1, 0.15) is 5.65 Å². The molecule has 0 aliphatic carbocycles. The lowest BCUT2D eigenvalue weighted by Gasteiger charge is -2.14. The van der Waals surface area contributed by atoms with Gasteiger partial charge in [0.15, 0.2) is 11.5 Å². The van der Waals surface area contributed by atoms with E-state index in [0.717, 1.165) is 0 Å². The highest BCUT2D eigenvalue weighted by Crippen LogP contribution is 2.40. The number of hydrogen-bond donors (Lipinski definition) is 1. The predicted molar refractivity (Wildman–Crippen MR) is 103 cm³/mol. The standard InChI is InChI=1S/C20H18N2O6/c1-26-15-8-5-12(18(27-2)19(15)28-3)4-7-14-10-17(23)22-11-13(20(24)25)6-9-16(22)21-14/h4-11H,1-3H3,(H,24,25)/b7-4+. The number of aromatic carboxylic acids is 1. The quantitative estimate of drug-likeness (QED) is 0.699. The Labute approximate surface area is 160 Å². The Hall–Kier alpha value is -3.81. The smallest absolute Gasteiger partial charge is 0.337 e. The van der Waals surface area contributed by atoms with Crippen LogP contribution in [0.4, 0.5) is 0 Å². The van der Waals surface area contributed by atoms with E-state index in [1.165, 1.54) is 50.1 Å². The molecule has 8 nitrogen and oxygen atoms in total. The molecule has 0 amide bonds. The highest BCUT2D eigenvalue weighted by molar-refractivity contribution is 5.87. The van der Waals surface area contributed by atoms with Crippen molar-refractivity contribution in [1.29, 1.82) is 0 Å². The Morgan fingerprint density at radius 1 is 1.04 bits per heavy atom. The van der Waals surface area contributed by atoms with Gasteiger partial charge in [-0.2, -0.15) is 0 Å². The fourth-order valence-electron chi connectivity index (χ4n) is 2.76. The van der Waals surface area contributed by atoms with E-state index in [9.17, 15) is 9.59 Å². The summed E-state index contributed by atoms with van der Waals surface area (Å²) < 4.78 is 17.2. The lowest BCUT2D eigenvalue weighted by molar-refractivity contribution is 0.0696. The van der Waals surface area contributed by atoms with E-state index in [4.69, 9.17) is 19.3 Å². The van der Waals surface area contributed by atoms with Crippen molar-refractivity contribution in [2.75, 3.05) is 21.3 Å². The van der Waals surface area contributed by atoms with E-state index in [2.05, 4.69) is 4.98 Å². The Balaban J connectivity index is 2.03. The zero-order valence-electron chi connectivity index (χ0n) is 15.5. The molecule has 0 aliphatic heterocycles. The number of aromatic nitrogens is 2. The van der Waals surface area contributed by atoms with Crippen LogP contribution in [0.5, 0.6) is 17.2 Å². The molecule has 2 aromatic heterocycles. The molecular formula is C20H18N2O6. The van der Waals surface area contributed by atoms with Crippen LogP contribution in [0.25, 0.3) is 17.8 Å². The Morgan fingerprint density at radius 3 is 2.43 bits per heavy atom. The third-order valence-corrected chi connectivity index (χ3v) is 4.09. The average Bonchev–Trinajstić information content (AvgIpc) is 2.70. The number of methoxy groups -OCH3 is 3. The lowest BCUT2D eigenvalue weighted by atomic mass is 10.1. The second-order valence-corrected chi connectivity index (χ2v) is 5.73. The Kier molecular flexibility index (Phi) is 5.30. The SMILES string of the molecule is COc1ccc(/C=C/c2cc(=O)n3cc(C(=O)O)ccc3n2)c(OC)c1OC. The van der Waals surface area contributed by atoms with Crippen LogP contribution >= 0.6 is 0 Å². The van der Waals surface area contributed by atoms with Crippen molar-refractivity contribution >= 4 is 23.8 Å². The van der Waals surface area contributed by atoms with Crippen LogP contribution in [0, 0.1) is 0 Å². The number of ether oxygens (including phenoxy) is 3. The first-order valence-corrected chi connectivity index (χ1v) is 8.22. The zero-order valence-corrected chi connectivity index (χ0v) is 15.5. The molecule has 0 unspecified atom stereocenters. The van der Waals surface area contributed by atoms with Gasteiger partial charge in [-0.05, 0) is 36.4 Å². The molecule has 0 fully saturated rings. The molecular weight excluding hydrogens is 364 g/mol. The van der Waals surface area contributed by atoms with E-state index in [1.807, 2.05) is 0 Å². The van der Waals surface area contributed by atoms with E-state index in [0.29, 0.717) is 34.2 Å². The molecule has 0 saturated carbocycles. The summed E-state index contributed by atoms with van der Waals surface area (Å²) in [5, 5.41) is 9.05. The molecule has 1 aromatic carbocycles. The first-order chi connectivity index (χ1) is 13.5. The summed E-state index contributed by atoms with van der Waals surface area (Å²) in [5.41, 5.74) is 1.10. The molecule has 1 N–H and O–H groups in total. The van der Waals surface area contributed by atoms with E-state index < -0.39 is 5.97 Å². The van der Waals surface area contributed by atoms with Crippen molar-refractivity contribution in [3.8, 4) is 17.2 Å². The van der Waals surface area contributed by atoms with Gasteiger partial charge in [-0.3, -0.25) is 9.20 Å². The van der Waals surface area contributed by atoms with Crippen LogP contribution in [0.3, 0.4) is 0 Å². The van der Waals surface area contributed by atoms with Crippen molar-refractivity contribution in [2.45, 2.75) is 0 Å². The van der Waals surface area contributed by atoms with Crippen LogP contribution in [0.15, 0.2) is 41.3 Å². The number of carboxylic acid groups (broad SMARTS) is 1. The first kappa shape index (κ1) is 19.0. The van der Waals surface area contributed by atoms with Gasteiger partial charge < -0.3 is 19.3 Å². The van der Waals surface area contributed by atoms with Gasteiger partial charge in [0.05, 0.1) is 32.6 Å². The van der Waals surface area contributed by atoms with Gasteiger partial charge in [0.2, 0.25) is 5.75 Å². The maximum Gasteiger partial charge on any atom is 0.337 e. The summed E-state index contributed by atoms with van der Waals surface area (Å²) in [5.74, 6) is 0.368. The first-order valence-electron chi connectivity index (χ1n) is 8.22. The third kappa shape index (κ3) is 3.52. The van der Waals surface area contributed by atoms with Crippen LogP contribution < -0.4 is 19.8 Å². The molecule has 28 heavy (non-hydrogen) atoms. The number of carboxylic acids is 1. The number of benzene rings is 1. The molecule has 144 valence electrons. The molecule has 0 saturated heterocycles. The van der Waals surface area contributed by atoms with Crippen molar-refractivity contribution in [3.05, 3.63) is 63.7 Å². The van der Waals surface area contributed by atoms with Gasteiger partial charge in [-0.15, -0.1) is 0 Å². The number of rotatable bonds is 6. The van der Waals surface area contributed by atoms with Crippen LogP contribution in [0.2, 0.25) is 0 Å².